The van der Waals surface area contributed by atoms with E-state index in [2.05, 4.69) is 10.2 Å². The summed E-state index contributed by atoms with van der Waals surface area (Å²) in [6.07, 6.45) is 0.502. The minimum atomic E-state index is -1.12. The van der Waals surface area contributed by atoms with Crippen LogP contribution in [0.25, 0.3) is 0 Å². The minimum absolute atomic E-state index is 0.0779. The molecule has 18 heavy (non-hydrogen) atoms. The summed E-state index contributed by atoms with van der Waals surface area (Å²) in [4.78, 5) is 20.7. The van der Waals surface area contributed by atoms with Gasteiger partial charge >= 0.3 is 0 Å². The van der Waals surface area contributed by atoms with Gasteiger partial charge in [0.05, 0.1) is 11.1 Å². The average molecular weight is 256 g/mol. The van der Waals surface area contributed by atoms with Crippen LogP contribution in [0.1, 0.15) is 53.4 Å². The molecule has 0 aliphatic heterocycles. The molecule has 6 nitrogen and oxygen atoms in total. The molecule has 0 atom stereocenters. The molecule has 0 radical (unpaired) electrons. The largest absolute Gasteiger partial charge is 0.550 e. The van der Waals surface area contributed by atoms with Gasteiger partial charge in [0.1, 0.15) is 0 Å². The lowest BCUT2D eigenvalue weighted by atomic mass is 9.98. The number of hydrogen-bond acceptors (Lipinski definition) is 6. The van der Waals surface area contributed by atoms with E-state index in [0.29, 0.717) is 12.8 Å². The lowest BCUT2D eigenvalue weighted by Gasteiger charge is -2.23. The molecule has 6 heteroatoms. The van der Waals surface area contributed by atoms with Crippen molar-refractivity contribution in [3.05, 3.63) is 0 Å². The molecule has 0 heterocycles. The van der Waals surface area contributed by atoms with Crippen molar-refractivity contribution in [2.75, 3.05) is 0 Å². The van der Waals surface area contributed by atoms with Crippen molar-refractivity contribution in [3.8, 4) is 0 Å². The second-order valence-corrected chi connectivity index (χ2v) is 5.57. The molecule has 0 saturated carbocycles. The molecule has 104 valence electrons. The molecule has 0 amide bonds. The van der Waals surface area contributed by atoms with Gasteiger partial charge in [0.2, 0.25) is 0 Å². The number of nitrogens with zero attached hydrogens (tertiary/aromatic N) is 2. The van der Waals surface area contributed by atoms with E-state index in [1.54, 1.807) is 27.7 Å². The van der Waals surface area contributed by atoms with Crippen molar-refractivity contribution in [2.45, 2.75) is 64.5 Å². The molecule has 0 aromatic carbocycles. The van der Waals surface area contributed by atoms with Crippen molar-refractivity contribution in [1.82, 2.24) is 0 Å². The molecule has 0 aromatic rings. The summed E-state index contributed by atoms with van der Waals surface area (Å²) in [5, 5.41) is 28.9. The average Bonchev–Trinajstić information content (AvgIpc) is 2.22. The van der Waals surface area contributed by atoms with Gasteiger partial charge in [0.25, 0.3) is 0 Å². The number of azo groups is 1. The Hall–Kier alpha value is -1.46. The zero-order chi connectivity index (χ0) is 14.4. The molecule has 0 rings (SSSR count). The lowest BCUT2D eigenvalue weighted by molar-refractivity contribution is -0.307. The van der Waals surface area contributed by atoms with Crippen LogP contribution in [0.3, 0.4) is 0 Å². The highest BCUT2D eigenvalue weighted by molar-refractivity contribution is 5.64. The summed E-state index contributed by atoms with van der Waals surface area (Å²) in [6.45, 7) is 7.09. The van der Waals surface area contributed by atoms with Crippen LogP contribution in [0.2, 0.25) is 0 Å². The minimum Gasteiger partial charge on any atom is -0.550 e. The zero-order valence-electron chi connectivity index (χ0n) is 11.4. The standard InChI is InChI=1S/C12H22N2O4/c1-11(2,7-5-9(15)16)13-14-12(3,4)8-6-10(17)18/h5-8H2,1-4H3,(H,15,16)(H,17,18)/p-2. The van der Waals surface area contributed by atoms with Crippen LogP contribution in [-0.2, 0) is 9.59 Å². The second kappa shape index (κ2) is 6.47. The normalized spacial score (nSPS) is 12.9. The molecule has 0 saturated heterocycles. The second-order valence-electron chi connectivity index (χ2n) is 5.57. The monoisotopic (exact) mass is 256 g/mol. The fraction of sp³-hybridized carbons (Fsp3) is 0.833. The Bertz CT molecular complexity index is 303. The fourth-order valence-corrected chi connectivity index (χ4v) is 1.19. The van der Waals surface area contributed by atoms with Crippen LogP contribution in [0.15, 0.2) is 10.2 Å². The number of carboxylic acid groups (broad SMARTS) is 2. The van der Waals surface area contributed by atoms with Crippen molar-refractivity contribution < 1.29 is 19.8 Å². The summed E-state index contributed by atoms with van der Waals surface area (Å²) < 4.78 is 0. The highest BCUT2D eigenvalue weighted by Gasteiger charge is 2.21. The third-order valence-electron chi connectivity index (χ3n) is 2.47. The van der Waals surface area contributed by atoms with Crippen molar-refractivity contribution in [1.29, 1.82) is 0 Å². The number of carbonyl (C=O) groups is 2. The zero-order valence-corrected chi connectivity index (χ0v) is 11.4. The number of carbonyl (C=O) groups excluding carboxylic acids is 2. The van der Waals surface area contributed by atoms with E-state index >= 15 is 0 Å². The van der Waals surface area contributed by atoms with Crippen LogP contribution in [0, 0.1) is 0 Å². The first-order valence-corrected chi connectivity index (χ1v) is 5.88. The molecule has 0 spiro atoms. The van der Waals surface area contributed by atoms with Crippen LogP contribution in [0.4, 0.5) is 0 Å². The maximum Gasteiger partial charge on any atom is 0.0763 e. The number of carboxylic acids is 2. The maximum atomic E-state index is 10.4. The van der Waals surface area contributed by atoms with E-state index in [-0.39, 0.29) is 12.8 Å². The molecule has 0 aromatic heterocycles. The Balaban J connectivity index is 4.40. The summed E-state index contributed by atoms with van der Waals surface area (Å²) in [5.74, 6) is -2.23. The van der Waals surface area contributed by atoms with Gasteiger partial charge in [-0.15, -0.1) is 0 Å². The van der Waals surface area contributed by atoms with E-state index in [1.165, 1.54) is 0 Å². The predicted octanol–water partition coefficient (Wildman–Crippen LogP) is 0.0560. The van der Waals surface area contributed by atoms with Crippen molar-refractivity contribution in [3.63, 3.8) is 0 Å². The lowest BCUT2D eigenvalue weighted by Crippen LogP contribution is -2.28. The maximum absolute atomic E-state index is 10.4. The van der Waals surface area contributed by atoms with E-state index in [1.807, 2.05) is 0 Å². The van der Waals surface area contributed by atoms with Gasteiger partial charge in [-0.25, -0.2) is 0 Å². The summed E-state index contributed by atoms with van der Waals surface area (Å²) >= 11 is 0. The third-order valence-corrected chi connectivity index (χ3v) is 2.47. The SMILES string of the molecule is CC(C)(CCC(=O)[O-])N=NC(C)(C)CCC(=O)[O-]. The molecule has 0 fully saturated rings. The number of hydrogen-bond donors (Lipinski definition) is 0. The Morgan fingerprint density at radius 2 is 1.11 bits per heavy atom. The topological polar surface area (TPSA) is 105 Å². The Labute approximate surface area is 107 Å². The first-order valence-electron chi connectivity index (χ1n) is 5.88. The van der Waals surface area contributed by atoms with E-state index in [9.17, 15) is 19.8 Å². The van der Waals surface area contributed by atoms with Gasteiger partial charge in [0, 0.05) is 11.9 Å². The van der Waals surface area contributed by atoms with Gasteiger partial charge < -0.3 is 19.8 Å². The van der Waals surface area contributed by atoms with Gasteiger partial charge in [-0.2, -0.15) is 10.2 Å². The molecular formula is C12H20N2O4-2. The highest BCUT2D eigenvalue weighted by atomic mass is 16.4. The quantitative estimate of drug-likeness (QED) is 0.572. The number of rotatable bonds is 8. The van der Waals surface area contributed by atoms with Crippen LogP contribution >= 0.6 is 0 Å². The van der Waals surface area contributed by atoms with Gasteiger partial charge in [-0.3, -0.25) is 0 Å². The smallest absolute Gasteiger partial charge is 0.0763 e. The van der Waals surface area contributed by atoms with Crippen LogP contribution < -0.4 is 10.2 Å². The van der Waals surface area contributed by atoms with E-state index < -0.39 is 23.0 Å². The van der Waals surface area contributed by atoms with Gasteiger partial charge in [-0.05, 0) is 53.4 Å². The van der Waals surface area contributed by atoms with Crippen LogP contribution in [0.5, 0.6) is 0 Å². The summed E-state index contributed by atoms with van der Waals surface area (Å²) in [5.41, 5.74) is -1.20. The van der Waals surface area contributed by atoms with Crippen molar-refractivity contribution >= 4 is 11.9 Å². The molecule has 0 aliphatic carbocycles. The van der Waals surface area contributed by atoms with Crippen LogP contribution in [-0.4, -0.2) is 23.0 Å². The molecule has 0 bridgehead atoms. The van der Waals surface area contributed by atoms with Crippen molar-refractivity contribution in [2.24, 2.45) is 10.2 Å². The van der Waals surface area contributed by atoms with E-state index in [0.717, 1.165) is 0 Å². The Morgan fingerprint density at radius 1 is 0.833 bits per heavy atom. The first-order chi connectivity index (χ1) is 8.04. The molecular weight excluding hydrogens is 236 g/mol. The first kappa shape index (κ1) is 16.5. The Kier molecular flexibility index (Phi) is 5.94. The van der Waals surface area contributed by atoms with Gasteiger partial charge in [0.15, 0.2) is 0 Å². The molecule has 0 N–H and O–H groups in total. The van der Waals surface area contributed by atoms with E-state index in [4.69, 9.17) is 0 Å². The summed E-state index contributed by atoms with van der Waals surface area (Å²) in [7, 11) is 0. The fourth-order valence-electron chi connectivity index (χ4n) is 1.19. The third kappa shape index (κ3) is 8.66. The van der Waals surface area contributed by atoms with Gasteiger partial charge in [-0.1, -0.05) is 0 Å². The predicted molar refractivity (Wildman–Crippen MR) is 61.5 cm³/mol. The summed E-state index contributed by atoms with van der Waals surface area (Å²) in [6, 6.07) is 0. The molecule has 0 aliphatic rings. The molecule has 0 unspecified atom stereocenters. The Morgan fingerprint density at radius 3 is 1.33 bits per heavy atom. The highest BCUT2D eigenvalue weighted by Crippen LogP contribution is 2.22. The number of aliphatic carboxylic acids is 2.